The van der Waals surface area contributed by atoms with E-state index in [0.29, 0.717) is 18.0 Å². The van der Waals surface area contributed by atoms with Crippen molar-refractivity contribution in [2.45, 2.75) is 31.5 Å². The van der Waals surface area contributed by atoms with Crippen molar-refractivity contribution in [2.24, 2.45) is 0 Å². The van der Waals surface area contributed by atoms with Gasteiger partial charge in [-0.2, -0.15) is 13.2 Å². The number of hydrogen-bond donors (Lipinski definition) is 1. The van der Waals surface area contributed by atoms with Crippen molar-refractivity contribution < 1.29 is 22.8 Å². The summed E-state index contributed by atoms with van der Waals surface area (Å²) in [6, 6.07) is 3.03. The standard InChI is InChI=1S/C15H16ClF3N2O2/c16-11-5-3-10(4-6-11)14(15(17,18)19)20-12(22)7-9-21-8-1-2-13(21)23/h3-6,14H,1-2,7-9H2,(H,20,22). The summed E-state index contributed by atoms with van der Waals surface area (Å²) in [5.74, 6) is -0.815. The maximum atomic E-state index is 13.2. The van der Waals surface area contributed by atoms with Crippen molar-refractivity contribution in [1.29, 1.82) is 0 Å². The molecule has 0 saturated carbocycles. The van der Waals surface area contributed by atoms with Crippen LogP contribution in [-0.4, -0.2) is 36.0 Å². The molecule has 1 aromatic carbocycles. The Morgan fingerprint density at radius 1 is 1.30 bits per heavy atom. The molecule has 0 spiro atoms. The molecular formula is C15H16ClF3N2O2. The molecule has 1 aliphatic rings. The number of carbonyl (C=O) groups is 2. The highest BCUT2D eigenvalue weighted by atomic mass is 35.5. The van der Waals surface area contributed by atoms with Gasteiger partial charge in [0.05, 0.1) is 0 Å². The highest BCUT2D eigenvalue weighted by Gasteiger charge is 2.41. The van der Waals surface area contributed by atoms with Crippen molar-refractivity contribution in [3.05, 3.63) is 34.9 Å². The smallest absolute Gasteiger partial charge is 0.342 e. The van der Waals surface area contributed by atoms with Crippen LogP contribution in [0.15, 0.2) is 24.3 Å². The van der Waals surface area contributed by atoms with Crippen LogP contribution in [0.4, 0.5) is 13.2 Å². The molecule has 1 unspecified atom stereocenters. The second kappa shape index (κ2) is 7.21. The van der Waals surface area contributed by atoms with Crippen LogP contribution < -0.4 is 5.32 Å². The van der Waals surface area contributed by atoms with E-state index in [9.17, 15) is 22.8 Å². The molecule has 0 aromatic heterocycles. The lowest BCUT2D eigenvalue weighted by molar-refractivity contribution is -0.163. The number of amides is 2. The molecule has 1 atom stereocenters. The average molecular weight is 349 g/mol. The molecule has 1 heterocycles. The first-order valence-electron chi connectivity index (χ1n) is 7.16. The van der Waals surface area contributed by atoms with E-state index in [1.165, 1.54) is 29.2 Å². The molecule has 1 aromatic rings. The number of rotatable bonds is 5. The zero-order valence-electron chi connectivity index (χ0n) is 12.2. The van der Waals surface area contributed by atoms with Crippen LogP contribution in [0, 0.1) is 0 Å². The Hall–Kier alpha value is -1.76. The molecule has 1 fully saturated rings. The Morgan fingerprint density at radius 2 is 1.96 bits per heavy atom. The van der Waals surface area contributed by atoms with Gasteiger partial charge in [0.1, 0.15) is 0 Å². The summed E-state index contributed by atoms with van der Waals surface area (Å²) in [4.78, 5) is 24.7. The summed E-state index contributed by atoms with van der Waals surface area (Å²) < 4.78 is 39.5. The van der Waals surface area contributed by atoms with Gasteiger partial charge in [0, 0.05) is 31.0 Å². The summed E-state index contributed by atoms with van der Waals surface area (Å²) in [5, 5.41) is 2.30. The van der Waals surface area contributed by atoms with Crippen molar-refractivity contribution in [3.8, 4) is 0 Å². The van der Waals surface area contributed by atoms with Gasteiger partial charge in [0.15, 0.2) is 6.04 Å². The van der Waals surface area contributed by atoms with E-state index in [0.717, 1.165) is 6.42 Å². The van der Waals surface area contributed by atoms with Gasteiger partial charge in [0.2, 0.25) is 11.8 Å². The number of carbonyl (C=O) groups excluding carboxylic acids is 2. The Balaban J connectivity index is 1.98. The monoisotopic (exact) mass is 348 g/mol. The zero-order chi connectivity index (χ0) is 17.0. The van der Waals surface area contributed by atoms with Crippen molar-refractivity contribution in [1.82, 2.24) is 10.2 Å². The molecule has 1 N–H and O–H groups in total. The Kier molecular flexibility index (Phi) is 5.51. The van der Waals surface area contributed by atoms with E-state index < -0.39 is 18.1 Å². The van der Waals surface area contributed by atoms with Crippen LogP contribution in [0.1, 0.15) is 30.9 Å². The summed E-state index contributed by atoms with van der Waals surface area (Å²) in [7, 11) is 0. The lowest BCUT2D eigenvalue weighted by atomic mass is 10.1. The second-order valence-corrected chi connectivity index (χ2v) is 5.76. The summed E-state index contributed by atoms with van der Waals surface area (Å²) >= 11 is 5.67. The fourth-order valence-corrected chi connectivity index (χ4v) is 2.55. The van der Waals surface area contributed by atoms with E-state index in [1.54, 1.807) is 0 Å². The number of nitrogens with zero attached hydrogens (tertiary/aromatic N) is 1. The van der Waals surface area contributed by atoms with Crippen LogP contribution in [0.5, 0.6) is 0 Å². The molecule has 2 amide bonds. The number of alkyl halides is 3. The number of hydrogen-bond acceptors (Lipinski definition) is 2. The maximum absolute atomic E-state index is 13.2. The minimum Gasteiger partial charge on any atom is -0.342 e. The van der Waals surface area contributed by atoms with Gasteiger partial charge in [-0.05, 0) is 24.1 Å². The second-order valence-electron chi connectivity index (χ2n) is 5.33. The van der Waals surface area contributed by atoms with E-state index in [2.05, 4.69) is 0 Å². The van der Waals surface area contributed by atoms with E-state index >= 15 is 0 Å². The van der Waals surface area contributed by atoms with Crippen LogP contribution >= 0.6 is 11.6 Å². The van der Waals surface area contributed by atoms with Crippen molar-refractivity contribution in [2.75, 3.05) is 13.1 Å². The zero-order valence-corrected chi connectivity index (χ0v) is 13.0. The molecular weight excluding hydrogens is 333 g/mol. The third kappa shape index (κ3) is 4.86. The molecule has 1 saturated heterocycles. The predicted octanol–water partition coefficient (Wildman–Crippen LogP) is 3.07. The van der Waals surface area contributed by atoms with Crippen molar-refractivity contribution >= 4 is 23.4 Å². The van der Waals surface area contributed by atoms with Gasteiger partial charge in [0.25, 0.3) is 0 Å². The van der Waals surface area contributed by atoms with Crippen molar-refractivity contribution in [3.63, 3.8) is 0 Å². The molecule has 0 bridgehead atoms. The van der Waals surface area contributed by atoms with E-state index in [1.807, 2.05) is 5.32 Å². The van der Waals surface area contributed by atoms with Crippen LogP contribution in [-0.2, 0) is 9.59 Å². The minimum absolute atomic E-state index is 0.0668. The topological polar surface area (TPSA) is 49.4 Å². The van der Waals surface area contributed by atoms with Gasteiger partial charge < -0.3 is 10.2 Å². The summed E-state index contributed by atoms with van der Waals surface area (Å²) in [5.41, 5.74) is -0.0903. The van der Waals surface area contributed by atoms with Gasteiger partial charge in [-0.1, -0.05) is 23.7 Å². The normalized spacial score (nSPS) is 16.5. The third-order valence-electron chi connectivity index (χ3n) is 3.62. The molecule has 1 aliphatic heterocycles. The molecule has 126 valence electrons. The highest BCUT2D eigenvalue weighted by Crippen LogP contribution is 2.33. The van der Waals surface area contributed by atoms with Crippen LogP contribution in [0.25, 0.3) is 0 Å². The van der Waals surface area contributed by atoms with Gasteiger partial charge in [-0.3, -0.25) is 9.59 Å². The Labute approximate surface area is 136 Å². The van der Waals surface area contributed by atoms with Crippen LogP contribution in [0.3, 0.4) is 0 Å². The lowest BCUT2D eigenvalue weighted by Gasteiger charge is -2.23. The minimum atomic E-state index is -4.62. The quantitative estimate of drug-likeness (QED) is 0.889. The van der Waals surface area contributed by atoms with E-state index in [4.69, 9.17) is 11.6 Å². The lowest BCUT2D eigenvalue weighted by Crippen LogP contribution is -2.39. The number of likely N-dealkylation sites (tertiary alicyclic amines) is 1. The highest BCUT2D eigenvalue weighted by molar-refractivity contribution is 6.30. The third-order valence-corrected chi connectivity index (χ3v) is 3.87. The van der Waals surface area contributed by atoms with E-state index in [-0.39, 0.29) is 24.4 Å². The van der Waals surface area contributed by atoms with Gasteiger partial charge in [-0.15, -0.1) is 0 Å². The SMILES string of the molecule is O=C(CCN1CCCC1=O)NC(c1ccc(Cl)cc1)C(F)(F)F. The largest absolute Gasteiger partial charge is 0.412 e. The molecule has 23 heavy (non-hydrogen) atoms. The number of halogens is 4. The first-order valence-corrected chi connectivity index (χ1v) is 7.54. The van der Waals surface area contributed by atoms with Gasteiger partial charge in [-0.25, -0.2) is 0 Å². The molecule has 8 heteroatoms. The molecule has 0 radical (unpaired) electrons. The Bertz CT molecular complexity index is 575. The fourth-order valence-electron chi connectivity index (χ4n) is 2.42. The first-order chi connectivity index (χ1) is 10.8. The number of benzene rings is 1. The average Bonchev–Trinajstić information content (AvgIpc) is 2.88. The molecule has 2 rings (SSSR count). The van der Waals surface area contributed by atoms with Crippen LogP contribution in [0.2, 0.25) is 5.02 Å². The predicted molar refractivity (Wildman–Crippen MR) is 78.8 cm³/mol. The fraction of sp³-hybridized carbons (Fsp3) is 0.467. The number of nitrogens with one attached hydrogen (secondary N) is 1. The molecule has 0 aliphatic carbocycles. The van der Waals surface area contributed by atoms with Gasteiger partial charge >= 0.3 is 6.18 Å². The Morgan fingerprint density at radius 3 is 2.48 bits per heavy atom. The summed E-state index contributed by atoms with van der Waals surface area (Å²) in [6.45, 7) is 0.682. The molecule has 4 nitrogen and oxygen atoms in total. The maximum Gasteiger partial charge on any atom is 0.412 e. The summed E-state index contributed by atoms with van der Waals surface area (Å²) in [6.07, 6.45) is -3.63. The first kappa shape index (κ1) is 17.6.